The van der Waals surface area contributed by atoms with Crippen LogP contribution in [0.4, 0.5) is 0 Å². The second-order valence-corrected chi connectivity index (χ2v) is 9.22. The Bertz CT molecular complexity index is 1200. The van der Waals surface area contributed by atoms with Crippen molar-refractivity contribution in [1.29, 1.82) is 0 Å². The predicted molar refractivity (Wildman–Crippen MR) is 114 cm³/mol. The van der Waals surface area contributed by atoms with E-state index < -0.39 is 31.4 Å². The first-order chi connectivity index (χ1) is 13.5. The molecule has 3 aromatic carbocycles. The lowest BCUT2D eigenvalue weighted by Crippen LogP contribution is -2.39. The molecule has 3 aromatic rings. The summed E-state index contributed by atoms with van der Waals surface area (Å²) in [7, 11) is -5.12. The maximum atomic E-state index is 13.0. The van der Waals surface area contributed by atoms with Crippen LogP contribution >= 0.6 is 46.4 Å². The summed E-state index contributed by atoms with van der Waals surface area (Å²) in [5.74, 6) is -0.900. The zero-order valence-electron chi connectivity index (χ0n) is 14.3. The lowest BCUT2D eigenvalue weighted by atomic mass is 9.83. The predicted octanol–water partition coefficient (Wildman–Crippen LogP) is 5.89. The molecule has 152 valence electrons. The summed E-state index contributed by atoms with van der Waals surface area (Å²) < 4.78 is 34.0. The summed E-state index contributed by atoms with van der Waals surface area (Å²) >= 11 is 24.8. The van der Waals surface area contributed by atoms with Crippen LogP contribution in [0.1, 0.15) is 16.7 Å². The molecule has 0 heterocycles. The van der Waals surface area contributed by atoms with E-state index in [9.17, 15) is 23.2 Å². The van der Waals surface area contributed by atoms with Crippen molar-refractivity contribution in [3.05, 3.63) is 91.4 Å². The van der Waals surface area contributed by atoms with Crippen molar-refractivity contribution in [3.8, 4) is 11.5 Å². The molecule has 0 aromatic heterocycles. The number of benzene rings is 3. The molecule has 0 bridgehead atoms. The molecule has 0 fully saturated rings. The number of aromatic hydroxyl groups is 2. The molecule has 3 N–H and O–H groups in total. The maximum Gasteiger partial charge on any atom is 0.283 e. The highest BCUT2D eigenvalue weighted by molar-refractivity contribution is 7.87. The second-order valence-electron chi connectivity index (χ2n) is 6.06. The maximum absolute atomic E-state index is 13.0. The zero-order valence-corrected chi connectivity index (χ0v) is 18.1. The van der Waals surface area contributed by atoms with Crippen molar-refractivity contribution in [2.45, 2.75) is 4.75 Å². The van der Waals surface area contributed by atoms with E-state index in [1.807, 2.05) is 0 Å². The monoisotopic (exact) mass is 492 g/mol. The van der Waals surface area contributed by atoms with Gasteiger partial charge in [-0.15, -0.1) is 0 Å². The van der Waals surface area contributed by atoms with Gasteiger partial charge in [0.15, 0.2) is 4.75 Å². The minimum absolute atomic E-state index is 0.0219. The quantitative estimate of drug-likeness (QED) is 0.311. The van der Waals surface area contributed by atoms with E-state index in [0.717, 1.165) is 0 Å². The van der Waals surface area contributed by atoms with Crippen LogP contribution < -0.4 is 0 Å². The molecule has 0 saturated heterocycles. The second kappa shape index (κ2) is 7.87. The molecule has 0 spiro atoms. The highest BCUT2D eigenvalue weighted by atomic mass is 35.5. The molecule has 0 aliphatic carbocycles. The third kappa shape index (κ3) is 3.54. The molecule has 10 heteroatoms. The van der Waals surface area contributed by atoms with Gasteiger partial charge in [-0.3, -0.25) is 4.55 Å². The highest BCUT2D eigenvalue weighted by Crippen LogP contribution is 2.53. The SMILES string of the molecule is O=S(=O)(O)C(c1ccc(Cl)cc1)(c1cccc(O)c1Cl)c1c(Cl)ccc(O)c1Cl. The van der Waals surface area contributed by atoms with Crippen molar-refractivity contribution < 1.29 is 23.2 Å². The van der Waals surface area contributed by atoms with Gasteiger partial charge < -0.3 is 10.2 Å². The lowest BCUT2D eigenvalue weighted by Gasteiger charge is -2.34. The van der Waals surface area contributed by atoms with Crippen LogP contribution in [0.5, 0.6) is 11.5 Å². The van der Waals surface area contributed by atoms with Gasteiger partial charge in [0, 0.05) is 21.2 Å². The molecule has 0 saturated carbocycles. The van der Waals surface area contributed by atoms with Crippen molar-refractivity contribution in [1.82, 2.24) is 0 Å². The zero-order chi connectivity index (χ0) is 21.6. The summed E-state index contributed by atoms with van der Waals surface area (Å²) in [6, 6.07) is 11.8. The minimum Gasteiger partial charge on any atom is -0.506 e. The fourth-order valence-corrected chi connectivity index (χ4v) is 5.76. The van der Waals surface area contributed by atoms with Crippen LogP contribution in [0.2, 0.25) is 20.1 Å². The van der Waals surface area contributed by atoms with Crippen LogP contribution in [-0.4, -0.2) is 23.2 Å². The number of hydrogen-bond acceptors (Lipinski definition) is 4. The molecular weight excluding hydrogens is 482 g/mol. The molecule has 1 unspecified atom stereocenters. The topological polar surface area (TPSA) is 94.8 Å². The van der Waals surface area contributed by atoms with E-state index >= 15 is 0 Å². The van der Waals surface area contributed by atoms with E-state index in [-0.39, 0.29) is 26.7 Å². The Labute approximate surface area is 186 Å². The van der Waals surface area contributed by atoms with Gasteiger partial charge in [0.25, 0.3) is 10.1 Å². The molecule has 1 atom stereocenters. The largest absolute Gasteiger partial charge is 0.506 e. The smallest absolute Gasteiger partial charge is 0.283 e. The standard InChI is InChI=1S/C19H12Cl4O5S/c20-11-6-4-10(5-7-11)19(29(26,27)28,12-2-1-3-14(24)17(12)22)16-13(21)8-9-15(25)18(16)23/h1-9,24-25H,(H,26,27,28). The minimum atomic E-state index is -5.12. The summed E-state index contributed by atoms with van der Waals surface area (Å²) in [5, 5.41) is 19.6. The van der Waals surface area contributed by atoms with E-state index in [0.29, 0.717) is 5.02 Å². The van der Waals surface area contributed by atoms with E-state index in [2.05, 4.69) is 0 Å². The summed E-state index contributed by atoms with van der Waals surface area (Å²) in [4.78, 5) is 0. The first kappa shape index (κ1) is 22.0. The number of halogens is 4. The lowest BCUT2D eigenvalue weighted by molar-refractivity contribution is 0.455. The third-order valence-corrected chi connectivity index (χ3v) is 7.20. The third-order valence-electron chi connectivity index (χ3n) is 4.42. The summed E-state index contributed by atoms with van der Waals surface area (Å²) in [6.45, 7) is 0. The Kier molecular flexibility index (Phi) is 5.98. The van der Waals surface area contributed by atoms with E-state index in [4.69, 9.17) is 46.4 Å². The number of phenols is 2. The molecule has 3 rings (SSSR count). The normalized spacial score (nSPS) is 13.8. The van der Waals surface area contributed by atoms with E-state index in [1.165, 1.54) is 54.6 Å². The van der Waals surface area contributed by atoms with Crippen LogP contribution in [0, 0.1) is 0 Å². The first-order valence-electron chi connectivity index (χ1n) is 7.90. The Morgan fingerprint density at radius 2 is 1.34 bits per heavy atom. The summed E-state index contributed by atoms with van der Waals surface area (Å²) in [5.41, 5.74) is -0.581. The molecule has 0 aliphatic rings. The van der Waals surface area contributed by atoms with Gasteiger partial charge in [0.1, 0.15) is 11.5 Å². The van der Waals surface area contributed by atoms with Crippen molar-refractivity contribution in [3.63, 3.8) is 0 Å². The molecule has 0 radical (unpaired) electrons. The summed E-state index contributed by atoms with van der Waals surface area (Å²) in [6.07, 6.45) is 0. The molecule has 5 nitrogen and oxygen atoms in total. The van der Waals surface area contributed by atoms with Crippen LogP contribution in [0.15, 0.2) is 54.6 Å². The van der Waals surface area contributed by atoms with Crippen LogP contribution in [0.3, 0.4) is 0 Å². The Hall–Kier alpha value is -1.67. The van der Waals surface area contributed by atoms with Gasteiger partial charge in [-0.25, -0.2) is 0 Å². The first-order valence-corrected chi connectivity index (χ1v) is 10.9. The Morgan fingerprint density at radius 1 is 0.759 bits per heavy atom. The molecule has 0 amide bonds. The van der Waals surface area contributed by atoms with E-state index in [1.54, 1.807) is 0 Å². The fraction of sp³-hybridized carbons (Fsp3) is 0.0526. The highest BCUT2D eigenvalue weighted by Gasteiger charge is 2.52. The average molecular weight is 494 g/mol. The van der Waals surface area contributed by atoms with Gasteiger partial charge in [0.05, 0.1) is 10.0 Å². The Morgan fingerprint density at radius 3 is 1.93 bits per heavy atom. The number of hydrogen-bond donors (Lipinski definition) is 3. The molecular formula is C19H12Cl4O5S. The Balaban J connectivity index is 2.65. The van der Waals surface area contributed by atoms with Gasteiger partial charge in [-0.05, 0) is 35.9 Å². The molecule has 0 aliphatic heterocycles. The van der Waals surface area contributed by atoms with Crippen molar-refractivity contribution >= 4 is 56.5 Å². The number of phenolic OH excluding ortho intramolecular Hbond substituents is 2. The van der Waals surface area contributed by atoms with Gasteiger partial charge >= 0.3 is 0 Å². The van der Waals surface area contributed by atoms with Crippen molar-refractivity contribution in [2.24, 2.45) is 0 Å². The fourth-order valence-electron chi connectivity index (χ4n) is 3.19. The van der Waals surface area contributed by atoms with Gasteiger partial charge in [-0.2, -0.15) is 8.42 Å². The molecule has 29 heavy (non-hydrogen) atoms. The van der Waals surface area contributed by atoms with Crippen LogP contribution in [-0.2, 0) is 14.9 Å². The van der Waals surface area contributed by atoms with Gasteiger partial charge in [0.2, 0.25) is 0 Å². The van der Waals surface area contributed by atoms with Gasteiger partial charge in [-0.1, -0.05) is 70.7 Å². The van der Waals surface area contributed by atoms with Crippen molar-refractivity contribution in [2.75, 3.05) is 0 Å². The number of rotatable bonds is 4. The average Bonchev–Trinajstić information content (AvgIpc) is 2.65. The van der Waals surface area contributed by atoms with Crippen LogP contribution in [0.25, 0.3) is 0 Å².